The van der Waals surface area contributed by atoms with Gasteiger partial charge in [-0.25, -0.2) is 9.78 Å². The Morgan fingerprint density at radius 2 is 2.10 bits per heavy atom. The van der Waals surface area contributed by atoms with Crippen LogP contribution in [0.15, 0.2) is 12.3 Å². The van der Waals surface area contributed by atoms with Crippen LogP contribution in [0.2, 0.25) is 0 Å². The lowest BCUT2D eigenvalue weighted by molar-refractivity contribution is -0.385. The fraction of sp³-hybridized carbons (Fsp3) is 0.500. The first kappa shape index (κ1) is 15.8. The van der Waals surface area contributed by atoms with Gasteiger partial charge in [0.05, 0.1) is 17.1 Å². The maximum Gasteiger partial charge on any atom is 0.342 e. The normalized spacial score (nSPS) is 11.2. The van der Waals surface area contributed by atoms with E-state index in [4.69, 9.17) is 14.6 Å². The molecule has 0 atom stereocenters. The van der Waals surface area contributed by atoms with Gasteiger partial charge in [0.1, 0.15) is 18.4 Å². The molecular formula is C12H16N2O6. The quantitative estimate of drug-likeness (QED) is 0.482. The Balaban J connectivity index is 2.71. The predicted molar refractivity (Wildman–Crippen MR) is 69.1 cm³/mol. The van der Waals surface area contributed by atoms with E-state index in [9.17, 15) is 14.9 Å². The lowest BCUT2D eigenvalue weighted by Gasteiger charge is -2.19. The van der Waals surface area contributed by atoms with E-state index in [2.05, 4.69) is 4.98 Å². The Bertz CT molecular complexity index is 509. The number of carboxylic acids is 1. The summed E-state index contributed by atoms with van der Waals surface area (Å²) in [4.78, 5) is 24.5. The zero-order chi connectivity index (χ0) is 15.3. The number of aromatic carboxylic acids is 1. The summed E-state index contributed by atoms with van der Waals surface area (Å²) >= 11 is 0. The van der Waals surface area contributed by atoms with E-state index in [1.807, 2.05) is 20.8 Å². The Morgan fingerprint density at radius 1 is 1.45 bits per heavy atom. The third-order valence-corrected chi connectivity index (χ3v) is 2.15. The van der Waals surface area contributed by atoms with Gasteiger partial charge < -0.3 is 14.6 Å². The molecule has 8 heteroatoms. The molecule has 1 aromatic heterocycles. The van der Waals surface area contributed by atoms with Crippen molar-refractivity contribution < 1.29 is 24.3 Å². The summed E-state index contributed by atoms with van der Waals surface area (Å²) in [6.07, 6.45) is 0.864. The van der Waals surface area contributed by atoms with E-state index in [1.165, 1.54) is 0 Å². The van der Waals surface area contributed by atoms with Crippen molar-refractivity contribution in [3.05, 3.63) is 27.9 Å². The predicted octanol–water partition coefficient (Wildman–Crippen LogP) is 1.88. The van der Waals surface area contributed by atoms with Gasteiger partial charge >= 0.3 is 11.7 Å². The minimum absolute atomic E-state index is 0.00510. The van der Waals surface area contributed by atoms with Gasteiger partial charge in [-0.15, -0.1) is 0 Å². The topological polar surface area (TPSA) is 112 Å². The molecule has 0 aliphatic heterocycles. The Morgan fingerprint density at radius 3 is 2.60 bits per heavy atom. The maximum absolute atomic E-state index is 10.9. The highest BCUT2D eigenvalue weighted by Gasteiger charge is 2.21. The molecular weight excluding hydrogens is 268 g/mol. The van der Waals surface area contributed by atoms with Crippen molar-refractivity contribution in [2.75, 3.05) is 13.2 Å². The monoisotopic (exact) mass is 284 g/mol. The fourth-order valence-corrected chi connectivity index (χ4v) is 1.32. The third kappa shape index (κ3) is 4.81. The largest absolute Gasteiger partial charge is 0.477 e. The van der Waals surface area contributed by atoms with E-state index >= 15 is 0 Å². The van der Waals surface area contributed by atoms with Crippen molar-refractivity contribution in [3.63, 3.8) is 0 Å². The van der Waals surface area contributed by atoms with Gasteiger partial charge in [-0.2, -0.15) is 0 Å². The molecule has 110 valence electrons. The van der Waals surface area contributed by atoms with Gasteiger partial charge in [0.2, 0.25) is 5.88 Å². The van der Waals surface area contributed by atoms with Gasteiger partial charge in [-0.1, -0.05) is 0 Å². The van der Waals surface area contributed by atoms with Crippen LogP contribution in [0.3, 0.4) is 0 Å². The van der Waals surface area contributed by atoms with Crippen LogP contribution in [0, 0.1) is 10.1 Å². The van der Waals surface area contributed by atoms with Gasteiger partial charge in [0, 0.05) is 6.07 Å². The average molecular weight is 284 g/mol. The number of aromatic nitrogens is 1. The fourth-order valence-electron chi connectivity index (χ4n) is 1.32. The van der Waals surface area contributed by atoms with Crippen molar-refractivity contribution in [3.8, 4) is 5.88 Å². The molecule has 0 unspecified atom stereocenters. The van der Waals surface area contributed by atoms with Crippen molar-refractivity contribution in [1.82, 2.24) is 4.98 Å². The maximum atomic E-state index is 10.9. The van der Waals surface area contributed by atoms with Crippen molar-refractivity contribution in [1.29, 1.82) is 0 Å². The molecule has 1 N–H and O–H groups in total. The Kier molecular flexibility index (Phi) is 4.98. The summed E-state index contributed by atoms with van der Waals surface area (Å²) in [5, 5.41) is 19.6. The zero-order valence-corrected chi connectivity index (χ0v) is 11.5. The van der Waals surface area contributed by atoms with E-state index in [0.717, 1.165) is 12.3 Å². The number of carbonyl (C=O) groups is 1. The third-order valence-electron chi connectivity index (χ3n) is 2.15. The van der Waals surface area contributed by atoms with Gasteiger partial charge in [0.25, 0.3) is 0 Å². The summed E-state index contributed by atoms with van der Waals surface area (Å²) in [6.45, 7) is 6.13. The molecule has 1 rings (SSSR count). The van der Waals surface area contributed by atoms with E-state index in [-0.39, 0.29) is 18.1 Å². The van der Waals surface area contributed by atoms with Crippen LogP contribution in [0.1, 0.15) is 31.1 Å². The van der Waals surface area contributed by atoms with Crippen LogP contribution in [0.4, 0.5) is 5.69 Å². The first-order chi connectivity index (χ1) is 9.20. The average Bonchev–Trinajstić information content (AvgIpc) is 2.33. The number of nitrogens with zero attached hydrogens (tertiary/aromatic N) is 2. The lowest BCUT2D eigenvalue weighted by Crippen LogP contribution is -2.22. The smallest absolute Gasteiger partial charge is 0.342 e. The van der Waals surface area contributed by atoms with E-state index < -0.39 is 22.1 Å². The molecule has 0 radical (unpaired) electrons. The van der Waals surface area contributed by atoms with Crippen LogP contribution in [0.5, 0.6) is 5.88 Å². The summed E-state index contributed by atoms with van der Waals surface area (Å²) in [7, 11) is 0. The molecule has 0 fully saturated rings. The molecule has 0 amide bonds. The van der Waals surface area contributed by atoms with E-state index in [1.54, 1.807) is 0 Å². The lowest BCUT2D eigenvalue weighted by atomic mass is 10.2. The summed E-state index contributed by atoms with van der Waals surface area (Å²) in [5.41, 5.74) is -1.34. The Labute approximate surface area is 115 Å². The number of hydrogen-bond donors (Lipinski definition) is 1. The molecule has 0 aromatic carbocycles. The second-order valence-electron chi connectivity index (χ2n) is 4.91. The molecule has 0 aliphatic carbocycles. The highest BCUT2D eigenvalue weighted by atomic mass is 16.6. The first-order valence-electron chi connectivity index (χ1n) is 5.85. The number of carboxylic acid groups (broad SMARTS) is 1. The van der Waals surface area contributed by atoms with Gasteiger partial charge in [-0.3, -0.25) is 10.1 Å². The number of ether oxygens (including phenoxy) is 2. The second-order valence-corrected chi connectivity index (χ2v) is 4.91. The number of nitro groups is 1. The SMILES string of the molecule is CC(C)(C)OCCOc1cc(C(=O)O)c([N+](=O)[O-])cn1. The zero-order valence-electron chi connectivity index (χ0n) is 11.5. The molecule has 0 aliphatic rings. The molecule has 0 saturated carbocycles. The molecule has 8 nitrogen and oxygen atoms in total. The minimum atomic E-state index is -1.41. The summed E-state index contributed by atoms with van der Waals surface area (Å²) in [5.74, 6) is -1.40. The highest BCUT2D eigenvalue weighted by molar-refractivity contribution is 5.92. The molecule has 0 saturated heterocycles. The molecule has 0 spiro atoms. The van der Waals surface area contributed by atoms with Crippen LogP contribution >= 0.6 is 0 Å². The van der Waals surface area contributed by atoms with Crippen molar-refractivity contribution in [2.45, 2.75) is 26.4 Å². The first-order valence-corrected chi connectivity index (χ1v) is 5.85. The number of rotatable bonds is 6. The number of hydrogen-bond acceptors (Lipinski definition) is 6. The van der Waals surface area contributed by atoms with Crippen LogP contribution < -0.4 is 4.74 Å². The van der Waals surface area contributed by atoms with Crippen LogP contribution in [-0.2, 0) is 4.74 Å². The molecule has 1 aromatic rings. The number of pyridine rings is 1. The summed E-state index contributed by atoms with van der Waals surface area (Å²) in [6, 6.07) is 1.03. The van der Waals surface area contributed by atoms with Crippen LogP contribution in [-0.4, -0.2) is 39.8 Å². The minimum Gasteiger partial charge on any atom is -0.477 e. The van der Waals surface area contributed by atoms with E-state index in [0.29, 0.717) is 6.61 Å². The molecule has 1 heterocycles. The van der Waals surface area contributed by atoms with Crippen molar-refractivity contribution >= 4 is 11.7 Å². The van der Waals surface area contributed by atoms with Gasteiger partial charge in [-0.05, 0) is 20.8 Å². The van der Waals surface area contributed by atoms with Crippen LogP contribution in [0.25, 0.3) is 0 Å². The highest BCUT2D eigenvalue weighted by Crippen LogP contribution is 2.21. The molecule has 0 bridgehead atoms. The molecule has 20 heavy (non-hydrogen) atoms. The van der Waals surface area contributed by atoms with Crippen molar-refractivity contribution in [2.24, 2.45) is 0 Å². The van der Waals surface area contributed by atoms with Gasteiger partial charge in [0.15, 0.2) is 0 Å². The Hall–Kier alpha value is -2.22. The second kappa shape index (κ2) is 6.29. The summed E-state index contributed by atoms with van der Waals surface area (Å²) < 4.78 is 10.6. The standard InChI is InChI=1S/C12H16N2O6/c1-12(2,3)20-5-4-19-10-6-8(11(15)16)9(7-13-10)14(17)18/h6-7H,4-5H2,1-3H3,(H,15,16).